The molecule has 0 atom stereocenters. The van der Waals surface area contributed by atoms with Crippen molar-refractivity contribution in [2.45, 2.75) is 52.5 Å². The first-order valence-electron chi connectivity index (χ1n) is 11.2. The lowest BCUT2D eigenvalue weighted by Crippen LogP contribution is -2.30. The lowest BCUT2D eigenvalue weighted by atomic mass is 9.93. The molecule has 0 spiro atoms. The van der Waals surface area contributed by atoms with Crippen molar-refractivity contribution in [3.63, 3.8) is 0 Å². The number of benzene rings is 1. The van der Waals surface area contributed by atoms with Crippen LogP contribution in [0.4, 0.5) is 11.8 Å². The molecule has 1 aromatic carbocycles. The zero-order valence-electron chi connectivity index (χ0n) is 20.7. The molecule has 184 valence electrons. The van der Waals surface area contributed by atoms with Crippen LogP contribution >= 0.6 is 0 Å². The molecule has 0 amide bonds. The van der Waals surface area contributed by atoms with Gasteiger partial charge < -0.3 is 25.7 Å². The van der Waals surface area contributed by atoms with Gasteiger partial charge in [0, 0.05) is 18.9 Å². The number of nitrogens with zero attached hydrogens (tertiary/aromatic N) is 6. The van der Waals surface area contributed by atoms with Gasteiger partial charge in [-0.1, -0.05) is 13.8 Å². The molecule has 0 radical (unpaired) electrons. The van der Waals surface area contributed by atoms with Crippen LogP contribution in [0.1, 0.15) is 51.2 Å². The lowest BCUT2D eigenvalue weighted by Gasteiger charge is -2.24. The maximum atomic E-state index is 6.02. The summed E-state index contributed by atoms with van der Waals surface area (Å²) >= 11 is 0. The molecule has 0 fully saturated rings. The molecule has 2 aromatic heterocycles. The van der Waals surface area contributed by atoms with E-state index in [-0.39, 0.29) is 11.5 Å². The standard InChI is InChI=1S/C23H34N8O3/c1-14(2)13-23(3,4)31-29-20(28-30-31)7-8-34-21-17(32-5)10-15(11-18(21)33-6)9-16-12-19(24)27-22(25)26-16/h10-12,14H,7-9,13H2,1-6H3,(H4,24,25,26,27). The van der Waals surface area contributed by atoms with E-state index in [2.05, 4.69) is 53.1 Å². The Labute approximate surface area is 199 Å². The summed E-state index contributed by atoms with van der Waals surface area (Å²) in [7, 11) is 3.16. The van der Waals surface area contributed by atoms with Crippen LogP contribution < -0.4 is 25.7 Å². The number of nitrogens with two attached hydrogens (primary N) is 2. The number of anilines is 2. The highest BCUT2D eigenvalue weighted by molar-refractivity contribution is 5.54. The average molecular weight is 471 g/mol. The summed E-state index contributed by atoms with van der Waals surface area (Å²) in [5.74, 6) is 3.18. The van der Waals surface area contributed by atoms with E-state index in [1.165, 1.54) is 0 Å². The van der Waals surface area contributed by atoms with E-state index >= 15 is 0 Å². The van der Waals surface area contributed by atoms with E-state index in [0.29, 0.717) is 60.0 Å². The molecule has 0 saturated carbocycles. The summed E-state index contributed by atoms with van der Waals surface area (Å²) in [6, 6.07) is 5.42. The summed E-state index contributed by atoms with van der Waals surface area (Å²) in [5.41, 5.74) is 12.9. The van der Waals surface area contributed by atoms with Gasteiger partial charge in [0.05, 0.1) is 32.1 Å². The van der Waals surface area contributed by atoms with Crippen LogP contribution in [0.25, 0.3) is 0 Å². The van der Waals surface area contributed by atoms with Crippen molar-refractivity contribution in [3.8, 4) is 17.2 Å². The van der Waals surface area contributed by atoms with Crippen LogP contribution in [-0.2, 0) is 18.4 Å². The van der Waals surface area contributed by atoms with Crippen molar-refractivity contribution in [2.24, 2.45) is 5.92 Å². The van der Waals surface area contributed by atoms with Gasteiger partial charge in [-0.2, -0.15) is 9.78 Å². The first-order valence-corrected chi connectivity index (χ1v) is 11.2. The molecular weight excluding hydrogens is 436 g/mol. The minimum Gasteiger partial charge on any atom is -0.493 e. The summed E-state index contributed by atoms with van der Waals surface area (Å²) in [6.45, 7) is 8.91. The van der Waals surface area contributed by atoms with Crippen LogP contribution in [0.3, 0.4) is 0 Å². The number of tetrazole rings is 1. The van der Waals surface area contributed by atoms with Crippen molar-refractivity contribution >= 4 is 11.8 Å². The van der Waals surface area contributed by atoms with Gasteiger partial charge in [-0.05, 0) is 49.1 Å². The molecular formula is C23H34N8O3. The lowest BCUT2D eigenvalue weighted by molar-refractivity contribution is 0.225. The quantitative estimate of drug-likeness (QED) is 0.428. The smallest absolute Gasteiger partial charge is 0.222 e. The van der Waals surface area contributed by atoms with E-state index in [4.69, 9.17) is 25.7 Å². The van der Waals surface area contributed by atoms with Crippen molar-refractivity contribution in [1.29, 1.82) is 0 Å². The van der Waals surface area contributed by atoms with Crippen molar-refractivity contribution in [1.82, 2.24) is 30.2 Å². The summed E-state index contributed by atoms with van der Waals surface area (Å²) < 4.78 is 17.2. The van der Waals surface area contributed by atoms with Gasteiger partial charge >= 0.3 is 0 Å². The molecule has 0 bridgehead atoms. The molecule has 0 saturated heterocycles. The predicted octanol–water partition coefficient (Wildman–Crippen LogP) is 2.64. The Morgan fingerprint density at radius 1 is 1.03 bits per heavy atom. The average Bonchev–Trinajstić information content (AvgIpc) is 3.22. The highest BCUT2D eigenvalue weighted by atomic mass is 16.5. The Hall–Kier alpha value is -3.63. The second-order valence-corrected chi connectivity index (χ2v) is 9.15. The Morgan fingerprint density at radius 2 is 1.71 bits per heavy atom. The number of methoxy groups -OCH3 is 2. The van der Waals surface area contributed by atoms with Gasteiger partial charge in [-0.15, -0.1) is 10.2 Å². The largest absolute Gasteiger partial charge is 0.493 e. The van der Waals surface area contributed by atoms with Crippen LogP contribution in [0, 0.1) is 5.92 Å². The van der Waals surface area contributed by atoms with Crippen molar-refractivity contribution in [3.05, 3.63) is 35.3 Å². The molecule has 11 nitrogen and oxygen atoms in total. The second-order valence-electron chi connectivity index (χ2n) is 9.15. The zero-order chi connectivity index (χ0) is 24.9. The number of hydrogen-bond donors (Lipinski definition) is 2. The number of nitrogen functional groups attached to an aromatic ring is 2. The number of hydrogen-bond acceptors (Lipinski definition) is 10. The third-order valence-corrected chi connectivity index (χ3v) is 5.20. The van der Waals surface area contributed by atoms with Crippen LogP contribution in [0.15, 0.2) is 18.2 Å². The van der Waals surface area contributed by atoms with Gasteiger partial charge in [0.15, 0.2) is 17.3 Å². The summed E-state index contributed by atoms with van der Waals surface area (Å²) in [5, 5.41) is 13.0. The number of ether oxygens (including phenoxy) is 3. The van der Waals surface area contributed by atoms with E-state index in [9.17, 15) is 0 Å². The summed E-state index contributed by atoms with van der Waals surface area (Å²) in [4.78, 5) is 9.82. The molecule has 2 heterocycles. The molecule has 0 unspecified atom stereocenters. The third-order valence-electron chi connectivity index (χ3n) is 5.20. The molecule has 4 N–H and O–H groups in total. The zero-order valence-corrected chi connectivity index (χ0v) is 20.7. The van der Waals surface area contributed by atoms with Gasteiger partial charge in [-0.3, -0.25) is 0 Å². The molecule has 3 rings (SSSR count). The van der Waals surface area contributed by atoms with E-state index < -0.39 is 0 Å². The Morgan fingerprint density at radius 3 is 2.29 bits per heavy atom. The molecule has 34 heavy (non-hydrogen) atoms. The maximum Gasteiger partial charge on any atom is 0.222 e. The minimum atomic E-state index is -0.207. The van der Waals surface area contributed by atoms with Crippen molar-refractivity contribution in [2.75, 3.05) is 32.3 Å². The molecule has 0 aliphatic heterocycles. The van der Waals surface area contributed by atoms with E-state index in [1.807, 2.05) is 12.1 Å². The molecule has 3 aromatic rings. The summed E-state index contributed by atoms with van der Waals surface area (Å²) in [6.07, 6.45) is 1.92. The molecule has 0 aliphatic carbocycles. The van der Waals surface area contributed by atoms with E-state index in [0.717, 1.165) is 12.0 Å². The SMILES string of the molecule is COc1cc(Cc2cc(N)nc(N)n2)cc(OC)c1OCCc1nnn(C(C)(C)CC(C)C)n1. The van der Waals surface area contributed by atoms with Crippen LogP contribution in [0.2, 0.25) is 0 Å². The predicted molar refractivity (Wildman–Crippen MR) is 129 cm³/mol. The number of rotatable bonds is 11. The van der Waals surface area contributed by atoms with Crippen molar-refractivity contribution < 1.29 is 14.2 Å². The highest BCUT2D eigenvalue weighted by Crippen LogP contribution is 2.39. The van der Waals surface area contributed by atoms with Crippen LogP contribution in [0.5, 0.6) is 17.2 Å². The second kappa shape index (κ2) is 10.5. The highest BCUT2D eigenvalue weighted by Gasteiger charge is 2.25. The maximum absolute atomic E-state index is 6.02. The first kappa shape index (κ1) is 25.0. The van der Waals surface area contributed by atoms with Gasteiger partial charge in [0.2, 0.25) is 11.7 Å². The Balaban J connectivity index is 1.71. The topological polar surface area (TPSA) is 149 Å². The Kier molecular flexibility index (Phi) is 7.75. The van der Waals surface area contributed by atoms with E-state index in [1.54, 1.807) is 25.1 Å². The molecule has 11 heteroatoms. The van der Waals surface area contributed by atoms with Gasteiger partial charge in [-0.25, -0.2) is 4.98 Å². The monoisotopic (exact) mass is 470 g/mol. The fourth-order valence-electron chi connectivity index (χ4n) is 3.94. The number of aromatic nitrogens is 6. The fourth-order valence-corrected chi connectivity index (χ4v) is 3.94. The molecule has 0 aliphatic rings. The minimum absolute atomic E-state index is 0.131. The normalized spacial score (nSPS) is 11.6. The van der Waals surface area contributed by atoms with Gasteiger partial charge in [0.1, 0.15) is 5.82 Å². The fraction of sp³-hybridized carbons (Fsp3) is 0.522. The Bertz CT molecular complexity index is 1070. The third kappa shape index (κ3) is 6.24. The van der Waals surface area contributed by atoms with Gasteiger partial charge in [0.25, 0.3) is 0 Å². The first-order chi connectivity index (χ1) is 16.1. The van der Waals surface area contributed by atoms with Crippen LogP contribution in [-0.4, -0.2) is 51.0 Å².